The Kier molecular flexibility index (Phi) is 5.34. The van der Waals surface area contributed by atoms with Crippen molar-refractivity contribution in [2.24, 2.45) is 0 Å². The number of aliphatic hydroxyl groups is 1. The van der Waals surface area contributed by atoms with E-state index in [0.717, 1.165) is 31.7 Å². The number of carbonyl (C=O) groups is 1. The molecular weight excluding hydrogens is 374 g/mol. The van der Waals surface area contributed by atoms with Crippen molar-refractivity contribution in [2.75, 3.05) is 0 Å². The van der Waals surface area contributed by atoms with Gasteiger partial charge < -0.3 is 10.4 Å². The number of benzene rings is 2. The van der Waals surface area contributed by atoms with Crippen LogP contribution in [0, 0.1) is 0 Å². The summed E-state index contributed by atoms with van der Waals surface area (Å²) in [6.45, 7) is 0.477. The van der Waals surface area contributed by atoms with Crippen LogP contribution < -0.4 is 5.32 Å². The van der Waals surface area contributed by atoms with Gasteiger partial charge in [-0.2, -0.15) is 11.3 Å². The normalized spacial score (nSPS) is 12.2. The lowest BCUT2D eigenvalue weighted by Crippen LogP contribution is -2.24. The van der Waals surface area contributed by atoms with Crippen molar-refractivity contribution in [3.8, 4) is 0 Å². The largest absolute Gasteiger partial charge is 0.383 e. The summed E-state index contributed by atoms with van der Waals surface area (Å²) in [5.74, 6) is -0.000291. The fraction of sp³-hybridized carbons (Fsp3) is 0.136. The van der Waals surface area contributed by atoms with E-state index in [2.05, 4.69) is 23.5 Å². The lowest BCUT2D eigenvalue weighted by molar-refractivity contribution is -0.120. The van der Waals surface area contributed by atoms with E-state index >= 15 is 0 Å². The molecule has 5 heteroatoms. The van der Waals surface area contributed by atoms with Crippen molar-refractivity contribution in [3.05, 3.63) is 92.3 Å². The molecule has 0 aliphatic carbocycles. The topological polar surface area (TPSA) is 49.3 Å². The number of amides is 1. The summed E-state index contributed by atoms with van der Waals surface area (Å²) in [5, 5.41) is 19.6. The SMILES string of the molecule is O=C(Cc1cccc2ccccc12)NCc1ccc(C(O)c2ccsc2)s1. The maximum Gasteiger partial charge on any atom is 0.224 e. The zero-order chi connectivity index (χ0) is 18.6. The maximum atomic E-state index is 12.4. The highest BCUT2D eigenvalue weighted by Crippen LogP contribution is 2.29. The summed E-state index contributed by atoms with van der Waals surface area (Å²) < 4.78 is 0. The van der Waals surface area contributed by atoms with E-state index in [1.807, 2.05) is 53.2 Å². The molecule has 1 atom stereocenters. The number of aliphatic hydroxyl groups excluding tert-OH is 1. The maximum absolute atomic E-state index is 12.4. The molecule has 0 aliphatic rings. The zero-order valence-electron chi connectivity index (χ0n) is 14.6. The van der Waals surface area contributed by atoms with Crippen molar-refractivity contribution in [3.63, 3.8) is 0 Å². The molecule has 0 bridgehead atoms. The van der Waals surface area contributed by atoms with Crippen LogP contribution in [0.3, 0.4) is 0 Å². The van der Waals surface area contributed by atoms with Crippen LogP contribution in [0.15, 0.2) is 71.4 Å². The third kappa shape index (κ3) is 4.11. The minimum atomic E-state index is -0.596. The van der Waals surface area contributed by atoms with E-state index in [9.17, 15) is 9.90 Å². The Labute approximate surface area is 165 Å². The predicted molar refractivity (Wildman–Crippen MR) is 112 cm³/mol. The summed E-state index contributed by atoms with van der Waals surface area (Å²) in [6, 6.07) is 20.0. The Morgan fingerprint density at radius 2 is 1.89 bits per heavy atom. The molecule has 4 aromatic rings. The second kappa shape index (κ2) is 8.05. The molecule has 0 radical (unpaired) electrons. The Morgan fingerprint density at radius 3 is 2.74 bits per heavy atom. The number of thiophene rings is 2. The molecule has 0 saturated carbocycles. The highest BCUT2D eigenvalue weighted by molar-refractivity contribution is 7.12. The van der Waals surface area contributed by atoms with E-state index in [1.54, 1.807) is 11.3 Å². The third-order valence-electron chi connectivity index (χ3n) is 4.50. The molecule has 2 N–H and O–H groups in total. The van der Waals surface area contributed by atoms with Crippen molar-refractivity contribution < 1.29 is 9.90 Å². The van der Waals surface area contributed by atoms with Crippen LogP contribution in [-0.4, -0.2) is 11.0 Å². The zero-order valence-corrected chi connectivity index (χ0v) is 16.2. The first-order chi connectivity index (χ1) is 13.2. The lowest BCUT2D eigenvalue weighted by atomic mass is 10.0. The molecule has 136 valence electrons. The summed E-state index contributed by atoms with van der Waals surface area (Å²) in [5.41, 5.74) is 1.94. The van der Waals surface area contributed by atoms with Gasteiger partial charge in [-0.25, -0.2) is 0 Å². The minimum Gasteiger partial charge on any atom is -0.383 e. The van der Waals surface area contributed by atoms with Gasteiger partial charge in [-0.15, -0.1) is 11.3 Å². The van der Waals surface area contributed by atoms with E-state index < -0.39 is 6.10 Å². The fourth-order valence-corrected chi connectivity index (χ4v) is 4.74. The van der Waals surface area contributed by atoms with Crippen LogP contribution in [-0.2, 0) is 17.8 Å². The van der Waals surface area contributed by atoms with Gasteiger partial charge in [-0.3, -0.25) is 4.79 Å². The second-order valence-electron chi connectivity index (χ2n) is 6.36. The molecule has 0 saturated heterocycles. The van der Waals surface area contributed by atoms with Crippen molar-refractivity contribution in [2.45, 2.75) is 19.1 Å². The van der Waals surface area contributed by atoms with Crippen molar-refractivity contribution in [1.29, 1.82) is 0 Å². The molecule has 2 heterocycles. The van der Waals surface area contributed by atoms with Gasteiger partial charge in [0.2, 0.25) is 5.91 Å². The van der Waals surface area contributed by atoms with E-state index in [1.165, 1.54) is 11.3 Å². The predicted octanol–water partition coefficient (Wildman–Crippen LogP) is 4.90. The summed E-state index contributed by atoms with van der Waals surface area (Å²) >= 11 is 3.10. The number of hydrogen-bond donors (Lipinski definition) is 2. The van der Waals surface area contributed by atoms with E-state index in [-0.39, 0.29) is 5.91 Å². The van der Waals surface area contributed by atoms with Gasteiger partial charge in [0.05, 0.1) is 13.0 Å². The van der Waals surface area contributed by atoms with Gasteiger partial charge >= 0.3 is 0 Å². The summed E-state index contributed by atoms with van der Waals surface area (Å²) in [4.78, 5) is 14.3. The van der Waals surface area contributed by atoms with Crippen molar-refractivity contribution in [1.82, 2.24) is 5.32 Å². The van der Waals surface area contributed by atoms with E-state index in [4.69, 9.17) is 0 Å². The highest BCUT2D eigenvalue weighted by Gasteiger charge is 2.14. The van der Waals surface area contributed by atoms with Crippen LogP contribution in [0.1, 0.15) is 27.0 Å². The molecule has 27 heavy (non-hydrogen) atoms. The van der Waals surface area contributed by atoms with Gasteiger partial charge in [0, 0.05) is 9.75 Å². The van der Waals surface area contributed by atoms with Crippen molar-refractivity contribution >= 4 is 39.4 Å². The average Bonchev–Trinajstić information content (AvgIpc) is 3.38. The molecular formula is C22H19NO2S2. The molecule has 0 aliphatic heterocycles. The molecule has 3 nitrogen and oxygen atoms in total. The Morgan fingerprint density at radius 1 is 1.04 bits per heavy atom. The lowest BCUT2D eigenvalue weighted by Gasteiger charge is -2.08. The quantitative estimate of drug-likeness (QED) is 0.489. The molecule has 1 unspecified atom stereocenters. The minimum absolute atomic E-state index is 0.000291. The summed E-state index contributed by atoms with van der Waals surface area (Å²) in [6.07, 6.45) is -0.238. The van der Waals surface area contributed by atoms with Crippen LogP contribution in [0.5, 0.6) is 0 Å². The van der Waals surface area contributed by atoms with Crippen LogP contribution >= 0.6 is 22.7 Å². The molecule has 0 fully saturated rings. The number of rotatable bonds is 6. The number of nitrogens with one attached hydrogen (secondary N) is 1. The number of fused-ring (bicyclic) bond motifs is 1. The smallest absolute Gasteiger partial charge is 0.224 e. The van der Waals surface area contributed by atoms with E-state index in [0.29, 0.717) is 13.0 Å². The first-order valence-electron chi connectivity index (χ1n) is 8.73. The molecule has 0 spiro atoms. The Bertz CT molecular complexity index is 1050. The van der Waals surface area contributed by atoms with Crippen LogP contribution in [0.4, 0.5) is 0 Å². The highest BCUT2D eigenvalue weighted by atomic mass is 32.1. The molecule has 4 rings (SSSR count). The second-order valence-corrected chi connectivity index (χ2v) is 8.34. The Balaban J connectivity index is 1.38. The van der Waals surface area contributed by atoms with Gasteiger partial charge in [-0.1, -0.05) is 42.5 Å². The summed E-state index contributed by atoms with van der Waals surface area (Å²) in [7, 11) is 0. The van der Waals surface area contributed by atoms with Gasteiger partial charge in [-0.05, 0) is 50.9 Å². The number of hydrogen-bond acceptors (Lipinski definition) is 4. The molecule has 2 aromatic carbocycles. The Hall–Kier alpha value is -2.47. The van der Waals surface area contributed by atoms with Crippen LogP contribution in [0.25, 0.3) is 10.8 Å². The average molecular weight is 394 g/mol. The van der Waals surface area contributed by atoms with Gasteiger partial charge in [0.15, 0.2) is 0 Å². The standard InChI is InChI=1S/C22H19NO2S2/c24-21(12-16-6-3-5-15-4-1-2-7-19(15)16)23-13-18-8-9-20(27-18)22(25)17-10-11-26-14-17/h1-11,14,22,25H,12-13H2,(H,23,24). The first-order valence-corrected chi connectivity index (χ1v) is 10.5. The fourth-order valence-electron chi connectivity index (χ4n) is 3.10. The van der Waals surface area contributed by atoms with Gasteiger partial charge in [0.25, 0.3) is 0 Å². The molecule has 1 amide bonds. The van der Waals surface area contributed by atoms with Gasteiger partial charge in [0.1, 0.15) is 6.10 Å². The third-order valence-corrected chi connectivity index (χ3v) is 6.34. The van der Waals surface area contributed by atoms with Crippen LogP contribution in [0.2, 0.25) is 0 Å². The first kappa shape index (κ1) is 17.9. The molecule has 2 aromatic heterocycles. The monoisotopic (exact) mass is 393 g/mol. The number of carbonyl (C=O) groups excluding carboxylic acids is 1.